The molecule has 3 rings (SSSR count). The summed E-state index contributed by atoms with van der Waals surface area (Å²) in [5.74, 6) is 0.322. The lowest BCUT2D eigenvalue weighted by Gasteiger charge is -2.33. The van der Waals surface area contributed by atoms with E-state index in [1.807, 2.05) is 6.08 Å². The van der Waals surface area contributed by atoms with E-state index >= 15 is 0 Å². The van der Waals surface area contributed by atoms with Crippen LogP contribution in [0.25, 0.3) is 0 Å². The van der Waals surface area contributed by atoms with E-state index in [2.05, 4.69) is 6.92 Å². The molecular formula is C11H14O3. The molecule has 0 bridgehead atoms. The zero-order valence-corrected chi connectivity index (χ0v) is 8.19. The zero-order chi connectivity index (χ0) is 9.92. The molecule has 3 nitrogen and oxygen atoms in total. The minimum absolute atomic E-state index is 0.231. The topological polar surface area (TPSA) is 46.5 Å². The van der Waals surface area contributed by atoms with E-state index in [0.29, 0.717) is 11.5 Å². The molecule has 1 saturated heterocycles. The van der Waals surface area contributed by atoms with Gasteiger partial charge in [-0.1, -0.05) is 13.0 Å². The van der Waals surface area contributed by atoms with Crippen molar-refractivity contribution in [3.05, 3.63) is 11.6 Å². The van der Waals surface area contributed by atoms with Gasteiger partial charge in [0.2, 0.25) is 0 Å². The lowest BCUT2D eigenvalue weighted by molar-refractivity contribution is -0.140. The molecule has 1 saturated carbocycles. The molecule has 1 aliphatic heterocycles. The summed E-state index contributed by atoms with van der Waals surface area (Å²) in [6, 6.07) is 0. The highest BCUT2D eigenvalue weighted by Crippen LogP contribution is 2.52. The highest BCUT2D eigenvalue weighted by Gasteiger charge is 2.61. The lowest BCUT2D eigenvalue weighted by atomic mass is 9.73. The van der Waals surface area contributed by atoms with Gasteiger partial charge in [0.15, 0.2) is 0 Å². The molecular weight excluding hydrogens is 180 g/mol. The Hall–Kier alpha value is -0.830. The lowest BCUT2D eigenvalue weighted by Crippen LogP contribution is -2.43. The average molecular weight is 194 g/mol. The maximum Gasteiger partial charge on any atom is 0.337 e. The minimum atomic E-state index is -0.941. The number of aliphatic hydroxyl groups is 1. The van der Waals surface area contributed by atoms with Crippen molar-refractivity contribution >= 4 is 5.97 Å². The maximum absolute atomic E-state index is 11.5. The van der Waals surface area contributed by atoms with E-state index in [1.165, 1.54) is 0 Å². The third-order valence-electron chi connectivity index (χ3n) is 3.90. The van der Waals surface area contributed by atoms with Gasteiger partial charge in [-0.25, -0.2) is 4.79 Å². The van der Waals surface area contributed by atoms with Crippen LogP contribution in [0, 0.1) is 11.8 Å². The summed E-state index contributed by atoms with van der Waals surface area (Å²) in [7, 11) is 0. The van der Waals surface area contributed by atoms with Crippen LogP contribution in [0.5, 0.6) is 0 Å². The SMILES string of the molecule is C[C@H]1C=C2C(=O)O[C@H]3CCC(C1)[C@@]23O. The first-order valence-corrected chi connectivity index (χ1v) is 5.28. The molecule has 0 aromatic rings. The Balaban J connectivity index is 2.14. The molecule has 1 unspecified atom stereocenters. The third kappa shape index (κ3) is 0.793. The number of rotatable bonds is 0. The first-order valence-electron chi connectivity index (χ1n) is 5.28. The van der Waals surface area contributed by atoms with Crippen molar-refractivity contribution in [1.29, 1.82) is 0 Å². The Kier molecular flexibility index (Phi) is 1.45. The van der Waals surface area contributed by atoms with Crippen LogP contribution >= 0.6 is 0 Å². The Labute approximate surface area is 82.8 Å². The summed E-state index contributed by atoms with van der Waals surface area (Å²) >= 11 is 0. The summed E-state index contributed by atoms with van der Waals surface area (Å²) in [6.07, 6.45) is 4.41. The van der Waals surface area contributed by atoms with E-state index in [4.69, 9.17) is 4.74 Å². The first-order chi connectivity index (χ1) is 6.62. The second-order valence-electron chi connectivity index (χ2n) is 4.79. The second-order valence-corrected chi connectivity index (χ2v) is 4.79. The van der Waals surface area contributed by atoms with Gasteiger partial charge < -0.3 is 9.84 Å². The molecule has 0 amide bonds. The van der Waals surface area contributed by atoms with Gasteiger partial charge in [0, 0.05) is 0 Å². The van der Waals surface area contributed by atoms with Gasteiger partial charge in [0.05, 0.1) is 5.57 Å². The summed E-state index contributed by atoms with van der Waals surface area (Å²) in [6.45, 7) is 2.09. The molecule has 0 spiro atoms. The van der Waals surface area contributed by atoms with Gasteiger partial charge in [0.25, 0.3) is 0 Å². The molecule has 0 aromatic heterocycles. The summed E-state index contributed by atoms with van der Waals surface area (Å²) in [5.41, 5.74) is -0.410. The Morgan fingerprint density at radius 3 is 3.14 bits per heavy atom. The monoisotopic (exact) mass is 194 g/mol. The highest BCUT2D eigenvalue weighted by atomic mass is 16.6. The fraction of sp³-hybridized carbons (Fsp3) is 0.727. The highest BCUT2D eigenvalue weighted by molar-refractivity contribution is 5.94. The largest absolute Gasteiger partial charge is 0.455 e. The average Bonchev–Trinajstić information content (AvgIpc) is 2.55. The van der Waals surface area contributed by atoms with Crippen LogP contribution in [-0.4, -0.2) is 22.8 Å². The Morgan fingerprint density at radius 2 is 2.36 bits per heavy atom. The van der Waals surface area contributed by atoms with E-state index in [9.17, 15) is 9.90 Å². The quantitative estimate of drug-likeness (QED) is 0.586. The van der Waals surface area contributed by atoms with Crippen molar-refractivity contribution in [2.45, 2.75) is 37.9 Å². The van der Waals surface area contributed by atoms with Crippen molar-refractivity contribution in [3.63, 3.8) is 0 Å². The van der Waals surface area contributed by atoms with Crippen LogP contribution in [0.1, 0.15) is 26.2 Å². The smallest absolute Gasteiger partial charge is 0.337 e. The number of carbonyl (C=O) groups is 1. The van der Waals surface area contributed by atoms with Gasteiger partial charge in [-0.05, 0) is 31.1 Å². The summed E-state index contributed by atoms with van der Waals surface area (Å²) in [5, 5.41) is 10.5. The Morgan fingerprint density at radius 1 is 1.57 bits per heavy atom. The van der Waals surface area contributed by atoms with Crippen molar-refractivity contribution in [2.24, 2.45) is 11.8 Å². The second kappa shape index (κ2) is 2.40. The normalized spacial score (nSPS) is 50.0. The summed E-state index contributed by atoms with van der Waals surface area (Å²) in [4.78, 5) is 11.5. The molecule has 3 heteroatoms. The number of ether oxygens (including phenoxy) is 1. The number of hydrogen-bond acceptors (Lipinski definition) is 3. The summed E-state index contributed by atoms with van der Waals surface area (Å²) < 4.78 is 5.19. The maximum atomic E-state index is 11.5. The van der Waals surface area contributed by atoms with Gasteiger partial charge in [-0.15, -0.1) is 0 Å². The molecule has 0 aromatic carbocycles. The van der Waals surface area contributed by atoms with E-state index < -0.39 is 5.60 Å². The number of esters is 1. The van der Waals surface area contributed by atoms with E-state index in [0.717, 1.165) is 19.3 Å². The molecule has 14 heavy (non-hydrogen) atoms. The van der Waals surface area contributed by atoms with Crippen LogP contribution in [0.4, 0.5) is 0 Å². The molecule has 3 aliphatic rings. The first kappa shape index (κ1) is 8.48. The molecule has 4 atom stereocenters. The number of allylic oxidation sites excluding steroid dienone is 1. The molecule has 76 valence electrons. The van der Waals surface area contributed by atoms with Gasteiger partial charge in [0.1, 0.15) is 11.7 Å². The molecule has 1 heterocycles. The fourth-order valence-electron chi connectivity index (χ4n) is 3.25. The molecule has 2 aliphatic carbocycles. The van der Waals surface area contributed by atoms with Crippen LogP contribution in [0.3, 0.4) is 0 Å². The predicted molar refractivity (Wildman–Crippen MR) is 49.4 cm³/mol. The Bertz CT molecular complexity index is 333. The standard InChI is InChI=1S/C11H14O3/c1-6-4-7-2-3-9-11(7,13)8(5-6)10(12)14-9/h5-7,9,13H,2-4H2,1H3/t6-,7?,9+,11-/m1/s1. The minimum Gasteiger partial charge on any atom is -0.455 e. The van der Waals surface area contributed by atoms with Crippen molar-refractivity contribution in [1.82, 2.24) is 0 Å². The zero-order valence-electron chi connectivity index (χ0n) is 8.19. The third-order valence-corrected chi connectivity index (χ3v) is 3.90. The molecule has 1 N–H and O–H groups in total. The van der Waals surface area contributed by atoms with E-state index in [1.54, 1.807) is 0 Å². The van der Waals surface area contributed by atoms with E-state index in [-0.39, 0.29) is 18.0 Å². The molecule has 2 fully saturated rings. The van der Waals surface area contributed by atoms with Crippen molar-refractivity contribution < 1.29 is 14.6 Å². The van der Waals surface area contributed by atoms with Crippen molar-refractivity contribution in [2.75, 3.05) is 0 Å². The predicted octanol–water partition coefficient (Wildman–Crippen LogP) is 1.02. The van der Waals surface area contributed by atoms with Crippen LogP contribution in [0.15, 0.2) is 11.6 Å². The molecule has 0 radical (unpaired) electrons. The van der Waals surface area contributed by atoms with Crippen LogP contribution in [-0.2, 0) is 9.53 Å². The van der Waals surface area contributed by atoms with Crippen molar-refractivity contribution in [3.8, 4) is 0 Å². The van der Waals surface area contributed by atoms with Gasteiger partial charge in [-0.3, -0.25) is 0 Å². The van der Waals surface area contributed by atoms with Gasteiger partial charge in [-0.2, -0.15) is 0 Å². The number of carbonyl (C=O) groups excluding carboxylic acids is 1. The fourth-order valence-corrected chi connectivity index (χ4v) is 3.25. The van der Waals surface area contributed by atoms with Crippen LogP contribution < -0.4 is 0 Å². The van der Waals surface area contributed by atoms with Crippen LogP contribution in [0.2, 0.25) is 0 Å². The number of hydrogen-bond donors (Lipinski definition) is 1. The van der Waals surface area contributed by atoms with Gasteiger partial charge >= 0.3 is 5.97 Å².